The molecule has 0 fully saturated rings. The summed E-state index contributed by atoms with van der Waals surface area (Å²) in [6.07, 6.45) is 8.65. The van der Waals surface area contributed by atoms with Gasteiger partial charge in [0, 0.05) is 9.52 Å². The van der Waals surface area contributed by atoms with Crippen LogP contribution in [-0.2, 0) is 0 Å². The van der Waals surface area contributed by atoms with E-state index >= 15 is 0 Å². The van der Waals surface area contributed by atoms with Gasteiger partial charge in [-0.2, -0.15) is 0 Å². The van der Waals surface area contributed by atoms with E-state index in [1.54, 1.807) is 6.04 Å². The van der Waals surface area contributed by atoms with Crippen molar-refractivity contribution in [3.63, 3.8) is 0 Å². The third-order valence-corrected chi connectivity index (χ3v) is 3.62. The molecule has 10 heavy (non-hydrogen) atoms. The van der Waals surface area contributed by atoms with E-state index in [0.717, 1.165) is 0 Å². The predicted octanol–water partition coefficient (Wildman–Crippen LogP) is 2.76. The zero-order valence-corrected chi connectivity index (χ0v) is 8.81. The molecule has 60 valence electrons. The zero-order valence-electron chi connectivity index (χ0n) is 7.40. The van der Waals surface area contributed by atoms with Crippen LogP contribution in [-0.4, -0.2) is 9.52 Å². The van der Waals surface area contributed by atoms with Crippen LogP contribution in [0.5, 0.6) is 0 Å². The maximum atomic E-state index is 2.29. The van der Waals surface area contributed by atoms with E-state index < -0.39 is 0 Å². The van der Waals surface area contributed by atoms with Crippen molar-refractivity contribution in [3.8, 4) is 0 Å². The average Bonchev–Trinajstić information content (AvgIpc) is 1.97. The van der Waals surface area contributed by atoms with Gasteiger partial charge < -0.3 is 0 Å². The van der Waals surface area contributed by atoms with Gasteiger partial charge in [-0.1, -0.05) is 44.0 Å². The van der Waals surface area contributed by atoms with Crippen molar-refractivity contribution in [2.75, 3.05) is 0 Å². The molecule has 0 N–H and O–H groups in total. The Kier molecular flexibility index (Phi) is 8.92. The number of hydrogen-bond donors (Lipinski definition) is 0. The minimum atomic E-state index is 0.329. The molecule has 0 nitrogen and oxygen atoms in total. The summed E-state index contributed by atoms with van der Waals surface area (Å²) in [5, 5.41) is 0. The molecule has 0 aliphatic heterocycles. The van der Waals surface area contributed by atoms with Gasteiger partial charge in [-0.05, 0) is 13.3 Å². The molecule has 0 radical (unpaired) electrons. The summed E-state index contributed by atoms with van der Waals surface area (Å²) in [5.74, 6) is 0. The minimum absolute atomic E-state index is 0.329. The number of allylic oxidation sites excluding steroid dienone is 2. The van der Waals surface area contributed by atoms with E-state index in [-0.39, 0.29) is 0 Å². The second-order valence-electron chi connectivity index (χ2n) is 2.77. The molecule has 0 saturated carbocycles. The van der Waals surface area contributed by atoms with Gasteiger partial charge in [-0.3, -0.25) is 0 Å². The lowest BCUT2D eigenvalue weighted by Gasteiger charge is -1.93. The molecular weight excluding hydrogens is 136 g/mol. The summed E-state index contributed by atoms with van der Waals surface area (Å²) >= 11 is 0. The van der Waals surface area contributed by atoms with Gasteiger partial charge in [0.05, 0.1) is 0 Å². The molecule has 0 unspecified atom stereocenters. The Labute approximate surface area is 67.5 Å². The van der Waals surface area contributed by atoms with Crippen molar-refractivity contribution in [1.82, 2.24) is 0 Å². The van der Waals surface area contributed by atoms with Crippen LogP contribution >= 0.6 is 0 Å². The van der Waals surface area contributed by atoms with Crippen molar-refractivity contribution >= 4 is 9.52 Å². The molecule has 0 rings (SSSR count). The van der Waals surface area contributed by atoms with Crippen molar-refractivity contribution in [3.05, 3.63) is 12.2 Å². The number of hydrogen-bond acceptors (Lipinski definition) is 0. The van der Waals surface area contributed by atoms with E-state index in [9.17, 15) is 0 Å². The maximum absolute atomic E-state index is 2.29. The second-order valence-corrected chi connectivity index (χ2v) is 4.89. The van der Waals surface area contributed by atoms with E-state index in [1.807, 2.05) is 0 Å². The van der Waals surface area contributed by atoms with Crippen LogP contribution < -0.4 is 0 Å². The lowest BCUT2D eigenvalue weighted by Crippen LogP contribution is -1.86. The lowest BCUT2D eigenvalue weighted by atomic mass is 10.4. The molecule has 1 heteroatoms. The Balaban J connectivity index is 2.77. The third-order valence-electron chi connectivity index (χ3n) is 1.71. The van der Waals surface area contributed by atoms with Gasteiger partial charge >= 0.3 is 0 Å². The van der Waals surface area contributed by atoms with Crippen LogP contribution in [0.3, 0.4) is 0 Å². The van der Waals surface area contributed by atoms with Gasteiger partial charge in [0.15, 0.2) is 0 Å². The highest BCUT2D eigenvalue weighted by Gasteiger charge is 1.86. The maximum Gasteiger partial charge on any atom is 0.0201 e. The lowest BCUT2D eigenvalue weighted by molar-refractivity contribution is 0.876. The van der Waals surface area contributed by atoms with Crippen LogP contribution in [0, 0.1) is 0 Å². The Morgan fingerprint density at radius 2 is 2.10 bits per heavy atom. The normalized spacial score (nSPS) is 12.2. The summed E-state index contributed by atoms with van der Waals surface area (Å²) < 4.78 is 0. The van der Waals surface area contributed by atoms with Crippen molar-refractivity contribution < 1.29 is 0 Å². The second kappa shape index (κ2) is 8.96. The highest BCUT2D eigenvalue weighted by atomic mass is 28.2. The molecule has 0 aliphatic rings. The van der Waals surface area contributed by atoms with Crippen LogP contribution in [0.1, 0.15) is 33.1 Å². The van der Waals surface area contributed by atoms with Gasteiger partial charge in [0.2, 0.25) is 0 Å². The Bertz CT molecular complexity index is 76.8. The minimum Gasteiger partial charge on any atom is -0.0917 e. The van der Waals surface area contributed by atoms with Crippen molar-refractivity contribution in [1.29, 1.82) is 0 Å². The fourth-order valence-corrected chi connectivity index (χ4v) is 2.76. The molecule has 0 aromatic carbocycles. The first-order valence-corrected chi connectivity index (χ1v) is 6.53. The first-order chi connectivity index (χ1) is 4.91. The quantitative estimate of drug-likeness (QED) is 0.315. The summed E-state index contributed by atoms with van der Waals surface area (Å²) in [7, 11) is 0.329. The number of unbranched alkanes of at least 4 members (excludes halogenated alkanes) is 1. The molecule has 0 saturated heterocycles. The summed E-state index contributed by atoms with van der Waals surface area (Å²) in [6, 6.07) is 3.08. The van der Waals surface area contributed by atoms with Gasteiger partial charge in [-0.15, -0.1) is 0 Å². The zero-order chi connectivity index (χ0) is 7.66. The van der Waals surface area contributed by atoms with Gasteiger partial charge in [0.1, 0.15) is 0 Å². The van der Waals surface area contributed by atoms with Crippen LogP contribution in [0.15, 0.2) is 12.2 Å². The molecule has 0 heterocycles. The molecule has 0 aromatic heterocycles. The molecule has 0 spiro atoms. The van der Waals surface area contributed by atoms with Gasteiger partial charge in [0.25, 0.3) is 0 Å². The van der Waals surface area contributed by atoms with E-state index in [0.29, 0.717) is 9.52 Å². The molecule has 0 atom stereocenters. The molecule has 0 aromatic rings. The fraction of sp³-hybridized carbons (Fsp3) is 0.778. The van der Waals surface area contributed by atoms with E-state index in [1.165, 1.54) is 25.3 Å². The van der Waals surface area contributed by atoms with E-state index in [2.05, 4.69) is 26.0 Å². The fourth-order valence-electron chi connectivity index (χ4n) is 1.03. The Hall–Kier alpha value is -0.0431. The predicted molar refractivity (Wildman–Crippen MR) is 52.5 cm³/mol. The van der Waals surface area contributed by atoms with Crippen LogP contribution in [0.4, 0.5) is 0 Å². The van der Waals surface area contributed by atoms with E-state index in [4.69, 9.17) is 0 Å². The molecular formula is C9H20Si. The highest BCUT2D eigenvalue weighted by Crippen LogP contribution is 1.98. The first kappa shape index (κ1) is 9.96. The SMILES string of the molecule is CC=CCC[SiH2]CCCC. The molecule has 0 amide bonds. The van der Waals surface area contributed by atoms with Crippen LogP contribution in [0.2, 0.25) is 12.1 Å². The molecule has 0 bridgehead atoms. The van der Waals surface area contributed by atoms with Crippen molar-refractivity contribution in [2.45, 2.75) is 45.2 Å². The average molecular weight is 156 g/mol. The monoisotopic (exact) mass is 156 g/mol. The largest absolute Gasteiger partial charge is 0.0917 e. The summed E-state index contributed by atoms with van der Waals surface area (Å²) in [6.45, 7) is 4.38. The smallest absolute Gasteiger partial charge is 0.0201 e. The topological polar surface area (TPSA) is 0 Å². The third kappa shape index (κ3) is 7.96. The summed E-state index contributed by atoms with van der Waals surface area (Å²) in [4.78, 5) is 0. The highest BCUT2D eigenvalue weighted by molar-refractivity contribution is 6.35. The van der Waals surface area contributed by atoms with Gasteiger partial charge in [-0.25, -0.2) is 0 Å². The standard InChI is InChI=1S/C9H20Si/c1-3-5-7-9-10-8-6-4-2/h3,5H,4,6-10H2,1-2H3. The van der Waals surface area contributed by atoms with Crippen molar-refractivity contribution in [2.24, 2.45) is 0 Å². The Morgan fingerprint density at radius 1 is 1.30 bits per heavy atom. The molecule has 0 aliphatic carbocycles. The first-order valence-electron chi connectivity index (χ1n) is 4.53. The number of rotatable bonds is 6. The Morgan fingerprint density at radius 3 is 2.70 bits per heavy atom. The summed E-state index contributed by atoms with van der Waals surface area (Å²) in [5.41, 5.74) is 0. The van der Waals surface area contributed by atoms with Crippen LogP contribution in [0.25, 0.3) is 0 Å².